The number of benzene rings is 1. The van der Waals surface area contributed by atoms with Gasteiger partial charge < -0.3 is 14.4 Å². The van der Waals surface area contributed by atoms with E-state index < -0.39 is 0 Å². The molecule has 0 unspecified atom stereocenters. The Hall–Kier alpha value is -1.39. The summed E-state index contributed by atoms with van der Waals surface area (Å²) in [5.41, 5.74) is 0.744. The Balaban J connectivity index is 1.68. The Morgan fingerprint density at radius 3 is 2.05 bits per heavy atom. The monoisotopic (exact) mass is 289 g/mol. The van der Waals surface area contributed by atoms with Crippen molar-refractivity contribution >= 4 is 5.91 Å². The van der Waals surface area contributed by atoms with Gasteiger partial charge in [0.15, 0.2) is 0 Å². The quantitative estimate of drug-likeness (QED) is 0.836. The number of hydrogen-bond donors (Lipinski definition) is 0. The van der Waals surface area contributed by atoms with Crippen LogP contribution in [0.15, 0.2) is 30.3 Å². The molecule has 0 radical (unpaired) electrons. The van der Waals surface area contributed by atoms with E-state index in [4.69, 9.17) is 9.47 Å². The molecule has 0 saturated carbocycles. The average molecular weight is 289 g/mol. The van der Waals surface area contributed by atoms with Crippen molar-refractivity contribution in [1.82, 2.24) is 4.90 Å². The van der Waals surface area contributed by atoms with E-state index in [1.54, 1.807) is 0 Å². The molecule has 2 saturated heterocycles. The first-order valence-corrected chi connectivity index (χ1v) is 7.90. The van der Waals surface area contributed by atoms with Gasteiger partial charge in [-0.05, 0) is 37.8 Å². The first-order chi connectivity index (χ1) is 10.3. The van der Waals surface area contributed by atoms with Gasteiger partial charge in [-0.3, -0.25) is 4.79 Å². The van der Waals surface area contributed by atoms with E-state index in [9.17, 15) is 4.79 Å². The molecule has 1 amide bonds. The summed E-state index contributed by atoms with van der Waals surface area (Å²) in [6.45, 7) is 2.98. The number of amides is 1. The van der Waals surface area contributed by atoms with Crippen LogP contribution in [0.5, 0.6) is 0 Å². The molecule has 1 aromatic carbocycles. The fraction of sp³-hybridized carbons (Fsp3) is 0.588. The maximum atomic E-state index is 12.7. The molecule has 3 rings (SSSR count). The Morgan fingerprint density at radius 2 is 1.57 bits per heavy atom. The summed E-state index contributed by atoms with van der Waals surface area (Å²) in [6, 6.07) is 9.50. The molecule has 21 heavy (non-hydrogen) atoms. The van der Waals surface area contributed by atoms with Crippen LogP contribution < -0.4 is 0 Å². The van der Waals surface area contributed by atoms with E-state index in [2.05, 4.69) is 0 Å². The number of rotatable bonds is 5. The van der Waals surface area contributed by atoms with E-state index in [0.717, 1.165) is 44.5 Å². The minimum Gasteiger partial charge on any atom is -0.376 e. The van der Waals surface area contributed by atoms with Crippen molar-refractivity contribution in [3.05, 3.63) is 35.9 Å². The summed E-state index contributed by atoms with van der Waals surface area (Å²) < 4.78 is 11.4. The third-order valence-corrected chi connectivity index (χ3v) is 4.20. The van der Waals surface area contributed by atoms with Crippen molar-refractivity contribution in [3.63, 3.8) is 0 Å². The molecule has 4 nitrogen and oxygen atoms in total. The van der Waals surface area contributed by atoms with Crippen molar-refractivity contribution in [2.24, 2.45) is 0 Å². The molecular formula is C17H23NO3. The van der Waals surface area contributed by atoms with E-state index in [0.29, 0.717) is 13.1 Å². The van der Waals surface area contributed by atoms with Gasteiger partial charge in [0.05, 0.1) is 12.2 Å². The molecular weight excluding hydrogens is 266 g/mol. The van der Waals surface area contributed by atoms with E-state index in [1.165, 1.54) is 0 Å². The Labute approximate surface area is 126 Å². The third-order valence-electron chi connectivity index (χ3n) is 4.20. The summed E-state index contributed by atoms with van der Waals surface area (Å²) in [7, 11) is 0. The summed E-state index contributed by atoms with van der Waals surface area (Å²) >= 11 is 0. The maximum Gasteiger partial charge on any atom is 0.254 e. The Morgan fingerprint density at radius 1 is 1.00 bits per heavy atom. The SMILES string of the molecule is O=C(c1ccccc1)N(C[C@@H]1CCCO1)C[C@@H]1CCCO1. The zero-order valence-corrected chi connectivity index (χ0v) is 12.4. The highest BCUT2D eigenvalue weighted by molar-refractivity contribution is 5.94. The predicted molar refractivity (Wildman–Crippen MR) is 80.3 cm³/mol. The molecule has 2 fully saturated rings. The third kappa shape index (κ3) is 3.83. The zero-order chi connectivity index (χ0) is 14.5. The van der Waals surface area contributed by atoms with Crippen LogP contribution in [0.25, 0.3) is 0 Å². The molecule has 0 bridgehead atoms. The lowest BCUT2D eigenvalue weighted by atomic mass is 10.1. The highest BCUT2D eigenvalue weighted by atomic mass is 16.5. The average Bonchev–Trinajstić information content (AvgIpc) is 3.20. The van der Waals surface area contributed by atoms with Crippen LogP contribution in [-0.2, 0) is 9.47 Å². The van der Waals surface area contributed by atoms with Crippen molar-refractivity contribution in [2.75, 3.05) is 26.3 Å². The van der Waals surface area contributed by atoms with Crippen molar-refractivity contribution < 1.29 is 14.3 Å². The normalized spacial score (nSPS) is 25.1. The minimum atomic E-state index is 0.0848. The Kier molecular flexibility index (Phi) is 4.88. The number of hydrogen-bond acceptors (Lipinski definition) is 3. The van der Waals surface area contributed by atoms with Gasteiger partial charge in [0.2, 0.25) is 0 Å². The largest absolute Gasteiger partial charge is 0.376 e. The zero-order valence-electron chi connectivity index (χ0n) is 12.4. The topological polar surface area (TPSA) is 38.8 Å². The molecule has 114 valence electrons. The highest BCUT2D eigenvalue weighted by Crippen LogP contribution is 2.19. The standard InChI is InChI=1S/C17H23NO3/c19-17(14-6-2-1-3-7-14)18(12-15-8-4-10-20-15)13-16-9-5-11-21-16/h1-3,6-7,15-16H,4-5,8-13H2/t15-,16-/m0/s1. The predicted octanol–water partition coefficient (Wildman–Crippen LogP) is 2.49. The number of ether oxygens (including phenoxy) is 2. The fourth-order valence-corrected chi connectivity index (χ4v) is 3.07. The first-order valence-electron chi connectivity index (χ1n) is 7.90. The highest BCUT2D eigenvalue weighted by Gasteiger charge is 2.27. The van der Waals surface area contributed by atoms with Crippen molar-refractivity contribution in [1.29, 1.82) is 0 Å². The van der Waals surface area contributed by atoms with Gasteiger partial charge in [-0.25, -0.2) is 0 Å². The van der Waals surface area contributed by atoms with Gasteiger partial charge in [-0.1, -0.05) is 18.2 Å². The van der Waals surface area contributed by atoms with Crippen LogP contribution >= 0.6 is 0 Å². The smallest absolute Gasteiger partial charge is 0.254 e. The molecule has 0 aliphatic carbocycles. The Bertz CT molecular complexity index is 432. The van der Waals surface area contributed by atoms with Crippen LogP contribution in [-0.4, -0.2) is 49.3 Å². The molecule has 0 spiro atoms. The van der Waals surface area contributed by atoms with Crippen LogP contribution in [0.2, 0.25) is 0 Å². The van der Waals surface area contributed by atoms with Crippen LogP contribution in [0.3, 0.4) is 0 Å². The second kappa shape index (κ2) is 7.05. The van der Waals surface area contributed by atoms with E-state index >= 15 is 0 Å². The lowest BCUT2D eigenvalue weighted by molar-refractivity contribution is 0.0307. The number of carbonyl (C=O) groups excluding carboxylic acids is 1. The molecule has 2 atom stereocenters. The van der Waals surface area contributed by atoms with E-state index in [1.807, 2.05) is 35.2 Å². The van der Waals surface area contributed by atoms with Crippen LogP contribution in [0, 0.1) is 0 Å². The number of nitrogens with zero attached hydrogens (tertiary/aromatic N) is 1. The van der Waals surface area contributed by atoms with E-state index in [-0.39, 0.29) is 18.1 Å². The summed E-state index contributed by atoms with van der Waals surface area (Å²) in [4.78, 5) is 14.7. The number of carbonyl (C=O) groups is 1. The van der Waals surface area contributed by atoms with Gasteiger partial charge in [0.1, 0.15) is 0 Å². The maximum absolute atomic E-state index is 12.7. The van der Waals surface area contributed by atoms with Gasteiger partial charge in [0.25, 0.3) is 5.91 Å². The first kappa shape index (κ1) is 14.5. The molecule has 0 N–H and O–H groups in total. The molecule has 1 aromatic rings. The molecule has 0 aromatic heterocycles. The molecule has 2 aliphatic heterocycles. The van der Waals surface area contributed by atoms with Gasteiger partial charge in [-0.15, -0.1) is 0 Å². The van der Waals surface area contributed by atoms with Crippen molar-refractivity contribution in [3.8, 4) is 0 Å². The lowest BCUT2D eigenvalue weighted by Crippen LogP contribution is -2.41. The second-order valence-electron chi connectivity index (χ2n) is 5.85. The van der Waals surface area contributed by atoms with Gasteiger partial charge >= 0.3 is 0 Å². The fourth-order valence-electron chi connectivity index (χ4n) is 3.07. The summed E-state index contributed by atoms with van der Waals surface area (Å²) in [5.74, 6) is 0.0848. The van der Waals surface area contributed by atoms with Crippen molar-refractivity contribution in [2.45, 2.75) is 37.9 Å². The summed E-state index contributed by atoms with van der Waals surface area (Å²) in [6.07, 6.45) is 4.64. The molecule has 2 heterocycles. The molecule has 4 heteroatoms. The van der Waals surface area contributed by atoms with Gasteiger partial charge in [-0.2, -0.15) is 0 Å². The van der Waals surface area contributed by atoms with Gasteiger partial charge in [0, 0.05) is 31.9 Å². The van der Waals surface area contributed by atoms with Crippen LogP contribution in [0.1, 0.15) is 36.0 Å². The minimum absolute atomic E-state index is 0.0848. The van der Waals surface area contributed by atoms with Crippen LogP contribution in [0.4, 0.5) is 0 Å². The second-order valence-corrected chi connectivity index (χ2v) is 5.85. The molecule has 2 aliphatic rings. The lowest BCUT2D eigenvalue weighted by Gasteiger charge is -2.28. The summed E-state index contributed by atoms with van der Waals surface area (Å²) in [5, 5.41) is 0.